The molecule has 2 aromatic heterocycles. The van der Waals surface area contributed by atoms with Crippen LogP contribution < -0.4 is 0 Å². The lowest BCUT2D eigenvalue weighted by Crippen LogP contribution is -2.07. The van der Waals surface area contributed by atoms with E-state index in [1.165, 1.54) is 13.1 Å². The number of hydrogen-bond acceptors (Lipinski definition) is 5. The van der Waals surface area contributed by atoms with Gasteiger partial charge in [0.25, 0.3) is 0 Å². The number of aryl methyl sites for hydroxylation is 1. The van der Waals surface area contributed by atoms with Gasteiger partial charge in [0.1, 0.15) is 22.7 Å². The summed E-state index contributed by atoms with van der Waals surface area (Å²) in [6, 6.07) is 1.09. The summed E-state index contributed by atoms with van der Waals surface area (Å²) in [4.78, 5) is 15.6. The van der Waals surface area contributed by atoms with Crippen LogP contribution in [-0.2, 0) is 4.74 Å². The van der Waals surface area contributed by atoms with Crippen LogP contribution in [-0.4, -0.2) is 22.7 Å². The first-order valence-corrected chi connectivity index (χ1v) is 5.87. The second-order valence-electron chi connectivity index (χ2n) is 3.67. The Kier molecular flexibility index (Phi) is 3.80. The zero-order chi connectivity index (χ0) is 14.0. The van der Waals surface area contributed by atoms with Crippen LogP contribution in [0.5, 0.6) is 0 Å². The maximum atomic E-state index is 13.8. The molecule has 0 radical (unpaired) electrons. The van der Waals surface area contributed by atoms with Crippen molar-refractivity contribution in [2.45, 2.75) is 13.8 Å². The minimum Gasteiger partial charge on any atom is -0.462 e. The number of aromatic nitrogens is 2. The van der Waals surface area contributed by atoms with Gasteiger partial charge in [0.15, 0.2) is 5.82 Å². The second-order valence-corrected chi connectivity index (χ2v) is 4.10. The average molecular weight is 285 g/mol. The van der Waals surface area contributed by atoms with Gasteiger partial charge in [-0.2, -0.15) is 0 Å². The Morgan fingerprint density at radius 2 is 2.26 bits per heavy atom. The molecule has 0 atom stereocenters. The Morgan fingerprint density at radius 3 is 2.89 bits per heavy atom. The Hall–Kier alpha value is -1.95. The molecule has 5 nitrogen and oxygen atoms in total. The van der Waals surface area contributed by atoms with Gasteiger partial charge in [0.2, 0.25) is 0 Å². The van der Waals surface area contributed by atoms with Crippen molar-refractivity contribution in [1.82, 2.24) is 10.1 Å². The summed E-state index contributed by atoms with van der Waals surface area (Å²) in [6.07, 6.45) is 1.26. The van der Waals surface area contributed by atoms with E-state index in [0.29, 0.717) is 0 Å². The lowest BCUT2D eigenvalue weighted by molar-refractivity contribution is 0.0525. The molecule has 0 aliphatic rings. The molecule has 0 unspecified atom stereocenters. The molecule has 0 aromatic carbocycles. The summed E-state index contributed by atoms with van der Waals surface area (Å²) in [5.41, 5.74) is -0.0370. The number of esters is 1. The van der Waals surface area contributed by atoms with Crippen LogP contribution >= 0.6 is 11.6 Å². The number of halogens is 2. The number of carbonyl (C=O) groups excluding carboxylic acids is 1. The average Bonchev–Trinajstić information content (AvgIpc) is 2.71. The third kappa shape index (κ3) is 2.58. The smallest absolute Gasteiger partial charge is 0.344 e. The van der Waals surface area contributed by atoms with E-state index in [9.17, 15) is 9.18 Å². The van der Waals surface area contributed by atoms with E-state index in [4.69, 9.17) is 20.9 Å². The van der Waals surface area contributed by atoms with Gasteiger partial charge in [0.05, 0.1) is 11.6 Å². The fourth-order valence-electron chi connectivity index (χ4n) is 1.57. The van der Waals surface area contributed by atoms with Crippen molar-refractivity contribution in [2.75, 3.05) is 6.61 Å². The van der Waals surface area contributed by atoms with Gasteiger partial charge >= 0.3 is 5.97 Å². The Labute approximate surface area is 113 Å². The summed E-state index contributed by atoms with van der Waals surface area (Å²) in [5.74, 6) is -1.08. The fraction of sp³-hybridized carbons (Fsp3) is 0.250. The minimum atomic E-state index is -0.689. The number of hydrogen-bond donors (Lipinski definition) is 0. The van der Waals surface area contributed by atoms with Crippen LogP contribution in [0.15, 0.2) is 16.8 Å². The molecule has 2 heterocycles. The summed E-state index contributed by atoms with van der Waals surface area (Å²) >= 11 is 5.62. The van der Waals surface area contributed by atoms with E-state index in [0.717, 1.165) is 6.07 Å². The molecule has 2 aromatic rings. The van der Waals surface area contributed by atoms with Crippen molar-refractivity contribution in [2.24, 2.45) is 0 Å². The second kappa shape index (κ2) is 5.36. The number of rotatable bonds is 3. The SMILES string of the molecule is CCOC(=O)c1c(-c2ncc(Cl)cc2F)noc1C. The standard InChI is InChI=1S/C12H10ClFN2O3/c1-3-18-12(17)9-6(2)19-16-11(9)10-8(14)4-7(13)5-15-10/h4-5H,3H2,1-2H3. The van der Waals surface area contributed by atoms with Crippen molar-refractivity contribution < 1.29 is 18.4 Å². The van der Waals surface area contributed by atoms with Gasteiger partial charge in [-0.1, -0.05) is 16.8 Å². The van der Waals surface area contributed by atoms with Crippen molar-refractivity contribution in [1.29, 1.82) is 0 Å². The van der Waals surface area contributed by atoms with Crippen molar-refractivity contribution >= 4 is 17.6 Å². The zero-order valence-electron chi connectivity index (χ0n) is 10.2. The van der Waals surface area contributed by atoms with Gasteiger partial charge in [-0.05, 0) is 19.9 Å². The van der Waals surface area contributed by atoms with Crippen LogP contribution in [0.4, 0.5) is 4.39 Å². The first-order valence-electron chi connectivity index (χ1n) is 5.49. The molecule has 0 fully saturated rings. The Bertz CT molecular complexity index is 627. The minimum absolute atomic E-state index is 0.00474. The zero-order valence-corrected chi connectivity index (χ0v) is 11.0. The molecule has 19 heavy (non-hydrogen) atoms. The molecule has 0 N–H and O–H groups in total. The summed E-state index contributed by atoms with van der Waals surface area (Å²) in [5, 5.41) is 3.81. The van der Waals surface area contributed by atoms with E-state index in [-0.39, 0.29) is 34.3 Å². The predicted octanol–water partition coefficient (Wildman–Crippen LogP) is 3.01. The van der Waals surface area contributed by atoms with E-state index >= 15 is 0 Å². The Balaban J connectivity index is 2.54. The first kappa shape index (κ1) is 13.5. The summed E-state index contributed by atoms with van der Waals surface area (Å²) in [6.45, 7) is 3.40. The first-order chi connectivity index (χ1) is 9.04. The van der Waals surface area contributed by atoms with Crippen molar-refractivity contribution in [3.63, 3.8) is 0 Å². The highest BCUT2D eigenvalue weighted by Crippen LogP contribution is 2.27. The van der Waals surface area contributed by atoms with Gasteiger partial charge in [-0.15, -0.1) is 0 Å². The van der Waals surface area contributed by atoms with Gasteiger partial charge in [-0.3, -0.25) is 0 Å². The number of pyridine rings is 1. The maximum Gasteiger partial charge on any atom is 0.344 e. The van der Waals surface area contributed by atoms with E-state index in [2.05, 4.69) is 10.1 Å². The normalized spacial score (nSPS) is 10.5. The number of ether oxygens (including phenoxy) is 1. The molecule has 0 saturated heterocycles. The Morgan fingerprint density at radius 1 is 1.53 bits per heavy atom. The molecule has 100 valence electrons. The molecule has 0 spiro atoms. The van der Waals surface area contributed by atoms with Crippen LogP contribution in [0, 0.1) is 12.7 Å². The monoisotopic (exact) mass is 284 g/mol. The molecular weight excluding hydrogens is 275 g/mol. The van der Waals surface area contributed by atoms with Crippen LogP contribution in [0.1, 0.15) is 23.0 Å². The third-order valence-corrected chi connectivity index (χ3v) is 2.58. The van der Waals surface area contributed by atoms with E-state index in [1.54, 1.807) is 6.92 Å². The molecule has 0 amide bonds. The van der Waals surface area contributed by atoms with Gasteiger partial charge in [-0.25, -0.2) is 14.2 Å². The molecular formula is C12H10ClFN2O3. The number of nitrogens with zero attached hydrogens (tertiary/aromatic N) is 2. The van der Waals surface area contributed by atoms with Crippen LogP contribution in [0.3, 0.4) is 0 Å². The van der Waals surface area contributed by atoms with Crippen molar-refractivity contribution in [3.8, 4) is 11.4 Å². The molecule has 0 saturated carbocycles. The molecule has 7 heteroatoms. The number of carbonyl (C=O) groups is 1. The lowest BCUT2D eigenvalue weighted by Gasteiger charge is -2.03. The van der Waals surface area contributed by atoms with Crippen LogP contribution in [0.25, 0.3) is 11.4 Å². The molecule has 0 aliphatic carbocycles. The largest absolute Gasteiger partial charge is 0.462 e. The highest BCUT2D eigenvalue weighted by Gasteiger charge is 2.25. The lowest BCUT2D eigenvalue weighted by atomic mass is 10.1. The topological polar surface area (TPSA) is 65.2 Å². The molecule has 0 aliphatic heterocycles. The summed E-state index contributed by atoms with van der Waals surface area (Å²) < 4.78 is 23.6. The third-order valence-electron chi connectivity index (χ3n) is 2.37. The highest BCUT2D eigenvalue weighted by molar-refractivity contribution is 6.30. The molecule has 0 bridgehead atoms. The summed E-state index contributed by atoms with van der Waals surface area (Å²) in [7, 11) is 0. The van der Waals surface area contributed by atoms with Gasteiger partial charge in [0, 0.05) is 6.20 Å². The highest BCUT2D eigenvalue weighted by atomic mass is 35.5. The predicted molar refractivity (Wildman–Crippen MR) is 65.4 cm³/mol. The van der Waals surface area contributed by atoms with Crippen LogP contribution in [0.2, 0.25) is 5.02 Å². The maximum absolute atomic E-state index is 13.8. The fourth-order valence-corrected chi connectivity index (χ4v) is 1.71. The van der Waals surface area contributed by atoms with E-state index < -0.39 is 11.8 Å². The van der Waals surface area contributed by atoms with E-state index in [1.807, 2.05) is 0 Å². The molecule has 2 rings (SSSR count). The van der Waals surface area contributed by atoms with Crippen molar-refractivity contribution in [3.05, 3.63) is 34.4 Å². The quantitative estimate of drug-likeness (QED) is 0.811. The van der Waals surface area contributed by atoms with Gasteiger partial charge < -0.3 is 9.26 Å².